The van der Waals surface area contributed by atoms with E-state index in [2.05, 4.69) is 15.1 Å². The van der Waals surface area contributed by atoms with E-state index in [1.54, 1.807) is 15.6 Å². The Bertz CT molecular complexity index is 725. The number of aromatic nitrogens is 4. The van der Waals surface area contributed by atoms with Gasteiger partial charge in [0.1, 0.15) is 6.10 Å². The molecule has 1 saturated heterocycles. The summed E-state index contributed by atoms with van der Waals surface area (Å²) in [4.78, 5) is 21.8. The van der Waals surface area contributed by atoms with Crippen molar-refractivity contribution in [1.82, 2.24) is 24.6 Å². The Morgan fingerprint density at radius 2 is 2.17 bits per heavy atom. The van der Waals surface area contributed by atoms with Crippen molar-refractivity contribution in [3.05, 3.63) is 30.0 Å². The second kappa shape index (κ2) is 6.06. The van der Waals surface area contributed by atoms with E-state index in [-0.39, 0.29) is 18.0 Å². The molecule has 8 nitrogen and oxygen atoms in total. The van der Waals surface area contributed by atoms with Gasteiger partial charge in [0.2, 0.25) is 5.88 Å². The minimum Gasteiger partial charge on any atom is -0.478 e. The van der Waals surface area contributed by atoms with E-state index < -0.39 is 5.82 Å². The van der Waals surface area contributed by atoms with Crippen LogP contribution in [0.1, 0.15) is 23.3 Å². The molecule has 0 saturated carbocycles. The smallest absolute Gasteiger partial charge is 0.316 e. The second-order valence-corrected chi connectivity index (χ2v) is 5.76. The van der Waals surface area contributed by atoms with Crippen LogP contribution in [0.15, 0.2) is 18.5 Å². The maximum atomic E-state index is 12.8. The van der Waals surface area contributed by atoms with Crippen molar-refractivity contribution >= 4 is 5.91 Å². The Hall–Kier alpha value is -2.71. The highest BCUT2D eigenvalue weighted by Crippen LogP contribution is 2.22. The first-order chi connectivity index (χ1) is 11.7. The van der Waals surface area contributed by atoms with E-state index in [1.165, 1.54) is 0 Å². The average molecular weight is 333 g/mol. The zero-order valence-corrected chi connectivity index (χ0v) is 12.9. The predicted octanol–water partition coefficient (Wildman–Crippen LogP) is 0.888. The normalized spacial score (nSPS) is 19.7. The summed E-state index contributed by atoms with van der Waals surface area (Å²) in [6.07, 6.45) is 3.44. The molecule has 2 aliphatic rings. The van der Waals surface area contributed by atoms with Gasteiger partial charge in [0.25, 0.3) is 5.91 Å². The number of rotatable bonds is 3. The molecule has 0 radical (unpaired) electrons. The molecule has 0 N–H and O–H groups in total. The molecule has 24 heavy (non-hydrogen) atoms. The van der Waals surface area contributed by atoms with Gasteiger partial charge in [-0.3, -0.25) is 4.79 Å². The molecule has 1 atom stereocenters. The fourth-order valence-corrected chi connectivity index (χ4v) is 2.85. The van der Waals surface area contributed by atoms with Crippen LogP contribution in [0.3, 0.4) is 0 Å². The highest BCUT2D eigenvalue weighted by atomic mass is 19.1. The molecule has 4 rings (SSSR count). The van der Waals surface area contributed by atoms with Crippen molar-refractivity contribution in [3.8, 4) is 11.9 Å². The number of fused-ring (bicyclic) bond motifs is 1. The lowest BCUT2D eigenvalue weighted by molar-refractivity contribution is 0.0763. The van der Waals surface area contributed by atoms with Crippen LogP contribution in [0, 0.1) is 5.82 Å². The molecule has 2 aliphatic heterocycles. The first kappa shape index (κ1) is 14.9. The Morgan fingerprint density at radius 3 is 2.96 bits per heavy atom. The van der Waals surface area contributed by atoms with Gasteiger partial charge < -0.3 is 14.4 Å². The lowest BCUT2D eigenvalue weighted by atomic mass is 10.3. The number of amides is 1. The molecule has 4 heterocycles. The standard InChI is InChI=1S/C15H16FN5O3/c16-10-7-17-15(18-8-10)24-11-2-4-20(9-11)14(22)12-6-13-21(19-12)3-1-5-23-13/h6-8,11H,1-5,9H2. The molecule has 9 heteroatoms. The quantitative estimate of drug-likeness (QED) is 0.830. The molecule has 0 spiro atoms. The highest BCUT2D eigenvalue weighted by molar-refractivity contribution is 5.92. The first-order valence-electron chi connectivity index (χ1n) is 7.83. The number of carbonyl (C=O) groups is 1. The summed E-state index contributed by atoms with van der Waals surface area (Å²) in [6.45, 7) is 2.39. The third-order valence-electron chi connectivity index (χ3n) is 4.03. The molecule has 1 fully saturated rings. The van der Waals surface area contributed by atoms with Crippen LogP contribution in [-0.4, -0.2) is 56.4 Å². The number of aryl methyl sites for hydroxylation is 1. The Morgan fingerprint density at radius 1 is 1.33 bits per heavy atom. The third-order valence-corrected chi connectivity index (χ3v) is 4.03. The Kier molecular flexibility index (Phi) is 3.75. The lowest BCUT2D eigenvalue weighted by Crippen LogP contribution is -2.31. The van der Waals surface area contributed by atoms with E-state index in [9.17, 15) is 9.18 Å². The minimum absolute atomic E-state index is 0.113. The average Bonchev–Trinajstić information content (AvgIpc) is 3.23. The van der Waals surface area contributed by atoms with E-state index in [0.29, 0.717) is 37.7 Å². The minimum atomic E-state index is -0.517. The van der Waals surface area contributed by atoms with E-state index in [1.807, 2.05) is 0 Å². The number of hydrogen-bond donors (Lipinski definition) is 0. The van der Waals surface area contributed by atoms with Gasteiger partial charge in [-0.15, -0.1) is 0 Å². The van der Waals surface area contributed by atoms with Crippen LogP contribution >= 0.6 is 0 Å². The summed E-state index contributed by atoms with van der Waals surface area (Å²) >= 11 is 0. The molecular weight excluding hydrogens is 317 g/mol. The lowest BCUT2D eigenvalue weighted by Gasteiger charge is -2.15. The Labute approximate surface area is 137 Å². The molecule has 2 aromatic heterocycles. The fraction of sp³-hybridized carbons (Fsp3) is 0.467. The van der Waals surface area contributed by atoms with Crippen LogP contribution in [0.25, 0.3) is 0 Å². The van der Waals surface area contributed by atoms with Gasteiger partial charge >= 0.3 is 6.01 Å². The van der Waals surface area contributed by atoms with Gasteiger partial charge in [-0.1, -0.05) is 0 Å². The maximum absolute atomic E-state index is 12.8. The summed E-state index contributed by atoms with van der Waals surface area (Å²) in [6, 6.07) is 1.79. The van der Waals surface area contributed by atoms with Gasteiger partial charge in [-0.2, -0.15) is 5.10 Å². The van der Waals surface area contributed by atoms with Crippen molar-refractivity contribution in [1.29, 1.82) is 0 Å². The molecule has 0 aliphatic carbocycles. The van der Waals surface area contributed by atoms with Crippen molar-refractivity contribution in [2.24, 2.45) is 0 Å². The van der Waals surface area contributed by atoms with Crippen molar-refractivity contribution in [2.75, 3.05) is 19.7 Å². The largest absolute Gasteiger partial charge is 0.478 e. The monoisotopic (exact) mass is 333 g/mol. The summed E-state index contributed by atoms with van der Waals surface area (Å²) in [5.41, 5.74) is 0.380. The van der Waals surface area contributed by atoms with Gasteiger partial charge in [-0.05, 0) is 0 Å². The number of likely N-dealkylation sites (tertiary alicyclic amines) is 1. The summed E-state index contributed by atoms with van der Waals surface area (Å²) in [5, 5.41) is 4.31. The van der Waals surface area contributed by atoms with Gasteiger partial charge in [-0.25, -0.2) is 19.0 Å². The van der Waals surface area contributed by atoms with Crippen LogP contribution in [0.4, 0.5) is 4.39 Å². The van der Waals surface area contributed by atoms with Crippen LogP contribution < -0.4 is 9.47 Å². The fourth-order valence-electron chi connectivity index (χ4n) is 2.85. The van der Waals surface area contributed by atoms with Crippen LogP contribution in [-0.2, 0) is 6.54 Å². The number of ether oxygens (including phenoxy) is 2. The summed E-state index contributed by atoms with van der Waals surface area (Å²) in [7, 11) is 0. The molecular formula is C15H16FN5O3. The van der Waals surface area contributed by atoms with Gasteiger partial charge in [0, 0.05) is 32.0 Å². The molecule has 126 valence electrons. The van der Waals surface area contributed by atoms with Crippen molar-refractivity contribution < 1.29 is 18.7 Å². The molecule has 1 amide bonds. The number of halogens is 1. The number of hydrogen-bond acceptors (Lipinski definition) is 6. The molecule has 2 aromatic rings. The SMILES string of the molecule is O=C(c1cc2n(n1)CCCO2)N1CCC(Oc2ncc(F)cn2)C1. The van der Waals surface area contributed by atoms with E-state index >= 15 is 0 Å². The first-order valence-corrected chi connectivity index (χ1v) is 7.83. The van der Waals surface area contributed by atoms with E-state index in [0.717, 1.165) is 25.4 Å². The molecule has 1 unspecified atom stereocenters. The van der Waals surface area contributed by atoms with E-state index in [4.69, 9.17) is 9.47 Å². The summed E-state index contributed by atoms with van der Waals surface area (Å²) < 4.78 is 25.6. The number of carbonyl (C=O) groups excluding carboxylic acids is 1. The van der Waals surface area contributed by atoms with Crippen molar-refractivity contribution in [2.45, 2.75) is 25.5 Å². The number of nitrogens with zero attached hydrogens (tertiary/aromatic N) is 5. The topological polar surface area (TPSA) is 82.4 Å². The third kappa shape index (κ3) is 2.89. The summed E-state index contributed by atoms with van der Waals surface area (Å²) in [5.74, 6) is -0.0283. The zero-order chi connectivity index (χ0) is 16.5. The molecule has 0 bridgehead atoms. The van der Waals surface area contributed by atoms with Gasteiger partial charge in [0.15, 0.2) is 11.5 Å². The Balaban J connectivity index is 1.39. The zero-order valence-electron chi connectivity index (χ0n) is 12.9. The maximum Gasteiger partial charge on any atom is 0.316 e. The van der Waals surface area contributed by atoms with Gasteiger partial charge in [0.05, 0.1) is 25.5 Å². The predicted molar refractivity (Wildman–Crippen MR) is 79.3 cm³/mol. The van der Waals surface area contributed by atoms with Crippen molar-refractivity contribution in [3.63, 3.8) is 0 Å². The van der Waals surface area contributed by atoms with Crippen LogP contribution in [0.2, 0.25) is 0 Å². The second-order valence-electron chi connectivity index (χ2n) is 5.76. The highest BCUT2D eigenvalue weighted by Gasteiger charge is 2.31. The molecule has 0 aromatic carbocycles. The van der Waals surface area contributed by atoms with Crippen LogP contribution in [0.5, 0.6) is 11.9 Å².